The van der Waals surface area contributed by atoms with E-state index in [1.54, 1.807) is 0 Å². The van der Waals surface area contributed by atoms with E-state index in [1.807, 2.05) is 6.07 Å². The number of hydrogen-bond donors (Lipinski definition) is 1. The van der Waals surface area contributed by atoms with Crippen molar-refractivity contribution < 1.29 is 4.74 Å². The lowest BCUT2D eigenvalue weighted by atomic mass is 10.0. The third-order valence-electron chi connectivity index (χ3n) is 6.19. The largest absolute Gasteiger partial charge is 0.489 e. The van der Waals surface area contributed by atoms with Gasteiger partial charge in [-0.05, 0) is 55.8 Å². The molecule has 144 valence electrons. The van der Waals surface area contributed by atoms with E-state index in [4.69, 9.17) is 4.74 Å². The molecule has 0 atom stereocenters. The summed E-state index contributed by atoms with van der Waals surface area (Å²) in [5.41, 5.74) is 1.11. The minimum absolute atomic E-state index is 0.571. The number of nitrogens with zero attached hydrogens (tertiary/aromatic N) is 1. The second kappa shape index (κ2) is 8.90. The molecule has 0 radical (unpaired) electrons. The smallest absolute Gasteiger partial charge is 0.127 e. The van der Waals surface area contributed by atoms with Crippen LogP contribution in [0.25, 0.3) is 10.8 Å². The van der Waals surface area contributed by atoms with E-state index in [-0.39, 0.29) is 0 Å². The van der Waals surface area contributed by atoms with Gasteiger partial charge in [-0.25, -0.2) is 0 Å². The molecule has 2 aromatic rings. The first-order valence-corrected chi connectivity index (χ1v) is 10.5. The van der Waals surface area contributed by atoms with Crippen LogP contribution in [0.15, 0.2) is 54.6 Å². The summed E-state index contributed by atoms with van der Waals surface area (Å²) in [6.45, 7) is 8.13. The van der Waals surface area contributed by atoms with Crippen LogP contribution in [0, 0.1) is 0 Å². The van der Waals surface area contributed by atoms with Crippen LogP contribution in [0.1, 0.15) is 38.5 Å². The Balaban J connectivity index is 1.20. The van der Waals surface area contributed by atoms with Crippen LogP contribution in [-0.2, 0) is 0 Å². The van der Waals surface area contributed by atoms with Crippen LogP contribution in [0.3, 0.4) is 0 Å². The van der Waals surface area contributed by atoms with Crippen molar-refractivity contribution in [3.8, 4) is 5.75 Å². The van der Waals surface area contributed by atoms with Crippen molar-refractivity contribution in [2.24, 2.45) is 0 Å². The van der Waals surface area contributed by atoms with Gasteiger partial charge in [0, 0.05) is 24.0 Å². The Kier molecular flexibility index (Phi) is 6.10. The molecule has 3 nitrogen and oxygen atoms in total. The van der Waals surface area contributed by atoms with Gasteiger partial charge in [-0.3, -0.25) is 0 Å². The van der Waals surface area contributed by atoms with Gasteiger partial charge >= 0.3 is 0 Å². The topological polar surface area (TPSA) is 24.5 Å². The van der Waals surface area contributed by atoms with Crippen molar-refractivity contribution in [2.45, 2.75) is 50.6 Å². The maximum atomic E-state index is 6.06. The summed E-state index contributed by atoms with van der Waals surface area (Å²) in [4.78, 5) is 2.73. The predicted molar refractivity (Wildman–Crippen MR) is 113 cm³/mol. The van der Waals surface area contributed by atoms with Crippen LogP contribution < -0.4 is 10.1 Å². The van der Waals surface area contributed by atoms with Crippen molar-refractivity contribution in [1.82, 2.24) is 10.2 Å². The Hall–Kier alpha value is -1.84. The molecule has 1 heterocycles. The van der Waals surface area contributed by atoms with Gasteiger partial charge < -0.3 is 15.0 Å². The number of fused-ring (bicyclic) bond motifs is 1. The number of benzene rings is 2. The highest BCUT2D eigenvalue weighted by molar-refractivity contribution is 5.88. The van der Waals surface area contributed by atoms with Crippen LogP contribution in [-0.4, -0.2) is 43.2 Å². The average Bonchev–Trinajstić information content (AvgIpc) is 3.26. The maximum Gasteiger partial charge on any atom is 0.127 e. The zero-order valence-electron chi connectivity index (χ0n) is 16.3. The fourth-order valence-corrected chi connectivity index (χ4v) is 4.58. The molecule has 1 N–H and O–H groups in total. The van der Waals surface area contributed by atoms with Gasteiger partial charge in [-0.2, -0.15) is 0 Å². The normalized spacial score (nSPS) is 19.6. The molecule has 1 aliphatic heterocycles. The van der Waals surface area contributed by atoms with Crippen LogP contribution in [0.2, 0.25) is 0 Å². The lowest BCUT2D eigenvalue weighted by molar-refractivity contribution is 0.146. The van der Waals surface area contributed by atoms with Crippen molar-refractivity contribution in [3.63, 3.8) is 0 Å². The zero-order chi connectivity index (χ0) is 18.5. The highest BCUT2D eigenvalue weighted by atomic mass is 16.5. The number of hydrogen-bond acceptors (Lipinski definition) is 3. The first-order chi connectivity index (χ1) is 13.3. The molecule has 1 aliphatic carbocycles. The minimum atomic E-state index is 0.571. The molecule has 2 aliphatic rings. The van der Waals surface area contributed by atoms with Gasteiger partial charge in [0.05, 0.1) is 0 Å². The molecule has 0 bridgehead atoms. The molecule has 2 aromatic carbocycles. The monoisotopic (exact) mass is 364 g/mol. The molecule has 27 heavy (non-hydrogen) atoms. The summed E-state index contributed by atoms with van der Waals surface area (Å²) in [6, 6.07) is 16.1. The molecule has 2 fully saturated rings. The summed E-state index contributed by atoms with van der Waals surface area (Å²) in [6.07, 6.45) is 8.21. The molecule has 0 amide bonds. The molecule has 0 aromatic heterocycles. The number of likely N-dealkylation sites (tertiary alicyclic amines) is 1. The predicted octanol–water partition coefficient (Wildman–Crippen LogP) is 4.77. The van der Waals surface area contributed by atoms with Crippen LogP contribution >= 0.6 is 0 Å². The molecular weight excluding hydrogens is 332 g/mol. The van der Waals surface area contributed by atoms with Gasteiger partial charge in [0.1, 0.15) is 12.4 Å². The van der Waals surface area contributed by atoms with Crippen molar-refractivity contribution in [1.29, 1.82) is 0 Å². The second-order valence-electron chi connectivity index (χ2n) is 8.15. The van der Waals surface area contributed by atoms with Crippen molar-refractivity contribution in [2.75, 3.05) is 26.2 Å². The number of ether oxygens (including phenoxy) is 1. The van der Waals surface area contributed by atoms with E-state index in [0.29, 0.717) is 12.6 Å². The van der Waals surface area contributed by atoms with Gasteiger partial charge in [0.2, 0.25) is 0 Å². The number of nitrogens with one attached hydrogen (secondary N) is 1. The van der Waals surface area contributed by atoms with E-state index in [2.05, 4.69) is 53.2 Å². The third kappa shape index (κ3) is 4.72. The summed E-state index contributed by atoms with van der Waals surface area (Å²) < 4.78 is 6.06. The van der Waals surface area contributed by atoms with E-state index in [9.17, 15) is 0 Å². The Morgan fingerprint density at radius 1 is 1.00 bits per heavy atom. The first-order valence-electron chi connectivity index (χ1n) is 10.5. The minimum Gasteiger partial charge on any atom is -0.489 e. The van der Waals surface area contributed by atoms with Crippen LogP contribution in [0.4, 0.5) is 0 Å². The highest BCUT2D eigenvalue weighted by Crippen LogP contribution is 2.27. The molecule has 1 saturated carbocycles. The van der Waals surface area contributed by atoms with Crippen LogP contribution in [0.5, 0.6) is 5.75 Å². The maximum absolute atomic E-state index is 6.06. The van der Waals surface area contributed by atoms with Crippen molar-refractivity contribution >= 4 is 10.8 Å². The molecule has 1 saturated heterocycles. The van der Waals surface area contributed by atoms with Gasteiger partial charge in [-0.1, -0.05) is 55.8 Å². The fourth-order valence-electron chi connectivity index (χ4n) is 4.58. The molecule has 4 rings (SSSR count). The Morgan fingerprint density at radius 3 is 2.56 bits per heavy atom. The quantitative estimate of drug-likeness (QED) is 0.716. The van der Waals surface area contributed by atoms with E-state index < -0.39 is 0 Å². The van der Waals surface area contributed by atoms with Gasteiger partial charge in [0.25, 0.3) is 0 Å². The summed E-state index contributed by atoms with van der Waals surface area (Å²) in [5.74, 6) is 0.944. The zero-order valence-corrected chi connectivity index (χ0v) is 16.3. The van der Waals surface area contributed by atoms with E-state index >= 15 is 0 Å². The second-order valence-corrected chi connectivity index (χ2v) is 8.15. The molecule has 3 heteroatoms. The summed E-state index contributed by atoms with van der Waals surface area (Å²) in [7, 11) is 0. The Labute approximate surface area is 163 Å². The lowest BCUT2D eigenvalue weighted by Gasteiger charge is -2.36. The summed E-state index contributed by atoms with van der Waals surface area (Å²) in [5, 5.41) is 6.08. The van der Waals surface area contributed by atoms with Crippen molar-refractivity contribution in [3.05, 3.63) is 54.6 Å². The SMILES string of the molecule is C=C(CNC1CCN(C2CCCC2)CC1)COc1cccc2ccccc12. The van der Waals surface area contributed by atoms with Gasteiger partial charge in [0.15, 0.2) is 0 Å². The average molecular weight is 365 g/mol. The van der Waals surface area contributed by atoms with Gasteiger partial charge in [-0.15, -0.1) is 0 Å². The Morgan fingerprint density at radius 2 is 1.74 bits per heavy atom. The number of piperidine rings is 1. The van der Waals surface area contributed by atoms with E-state index in [1.165, 1.54) is 62.4 Å². The molecule has 0 spiro atoms. The molecule has 0 unspecified atom stereocenters. The highest BCUT2D eigenvalue weighted by Gasteiger charge is 2.26. The van der Waals surface area contributed by atoms with E-state index in [0.717, 1.165) is 23.9 Å². The molecular formula is C24H32N2O. The standard InChI is InChI=1S/C24H32N2O/c1-19(18-27-24-12-6-8-20-7-2-5-11-23(20)24)17-25-21-13-15-26(16-14-21)22-9-3-4-10-22/h2,5-8,11-12,21-22,25H,1,3-4,9-10,13-18H2. The fraction of sp³-hybridized carbons (Fsp3) is 0.500. The third-order valence-corrected chi connectivity index (χ3v) is 6.19. The number of rotatable bonds is 7. The lowest BCUT2D eigenvalue weighted by Crippen LogP contribution is -2.46. The Bertz CT molecular complexity index is 753. The summed E-state index contributed by atoms with van der Waals surface area (Å²) >= 11 is 0. The first kappa shape index (κ1) is 18.5.